The van der Waals surface area contributed by atoms with Gasteiger partial charge in [0, 0.05) is 0 Å². The summed E-state index contributed by atoms with van der Waals surface area (Å²) in [7, 11) is 0. The van der Waals surface area contributed by atoms with Gasteiger partial charge in [0.05, 0.1) is 26.2 Å². The lowest BCUT2D eigenvalue weighted by molar-refractivity contribution is -0.929. The predicted molar refractivity (Wildman–Crippen MR) is 91.6 cm³/mol. The molecule has 0 heterocycles. The summed E-state index contributed by atoms with van der Waals surface area (Å²) < 4.78 is 1.42. The number of rotatable bonds is 12. The first-order valence-corrected chi connectivity index (χ1v) is 8.09. The van der Waals surface area contributed by atoms with Crippen LogP contribution in [0.25, 0.3) is 0 Å². The normalized spacial score (nSPS) is 10.2. The molecule has 0 saturated carbocycles. The maximum absolute atomic E-state index is 2.33. The molecule has 0 bridgehead atoms. The zero-order valence-electron chi connectivity index (χ0n) is 14.6. The molecule has 20 heavy (non-hydrogen) atoms. The van der Waals surface area contributed by atoms with Crippen molar-refractivity contribution in [3.8, 4) is 0 Å². The lowest BCUT2D eigenvalue weighted by Gasteiger charge is -2.39. The van der Waals surface area contributed by atoms with Gasteiger partial charge in [0.1, 0.15) is 0 Å². The first-order chi connectivity index (χ1) is 8.24. The molecule has 0 rings (SSSR count). The van der Waals surface area contributed by atoms with Crippen molar-refractivity contribution < 1.29 is 15.4 Å². The third-order valence-electron chi connectivity index (χ3n) is 3.94. The SMILES string of the molecule is CCCC[N+](CCCC)(CCCC)CCCC.N.O.O. The van der Waals surface area contributed by atoms with Crippen molar-refractivity contribution >= 4 is 0 Å². The third kappa shape index (κ3) is 12.9. The van der Waals surface area contributed by atoms with Crippen LogP contribution in [0.5, 0.6) is 0 Å². The van der Waals surface area contributed by atoms with Gasteiger partial charge in [-0.05, 0) is 25.7 Å². The average molecular weight is 296 g/mol. The van der Waals surface area contributed by atoms with Crippen LogP contribution in [0.2, 0.25) is 0 Å². The van der Waals surface area contributed by atoms with Crippen LogP contribution in [0, 0.1) is 0 Å². The van der Waals surface area contributed by atoms with Gasteiger partial charge >= 0.3 is 0 Å². The molecule has 0 aliphatic heterocycles. The molecule has 0 aliphatic carbocycles. The number of hydrogen-bond acceptors (Lipinski definition) is 1. The minimum Gasteiger partial charge on any atom is -0.412 e. The van der Waals surface area contributed by atoms with E-state index in [4.69, 9.17) is 0 Å². The Morgan fingerprint density at radius 1 is 0.500 bits per heavy atom. The fourth-order valence-corrected chi connectivity index (χ4v) is 2.64. The fraction of sp³-hybridized carbons (Fsp3) is 1.00. The molecular formula is C16H43N2O2+. The van der Waals surface area contributed by atoms with Crippen LogP contribution in [0.4, 0.5) is 0 Å². The van der Waals surface area contributed by atoms with Gasteiger partial charge in [-0.3, -0.25) is 0 Å². The van der Waals surface area contributed by atoms with E-state index in [9.17, 15) is 0 Å². The van der Waals surface area contributed by atoms with Gasteiger partial charge in [0.2, 0.25) is 0 Å². The first kappa shape index (κ1) is 28.1. The van der Waals surface area contributed by atoms with Gasteiger partial charge < -0.3 is 21.6 Å². The van der Waals surface area contributed by atoms with Crippen molar-refractivity contribution in [2.75, 3.05) is 26.2 Å². The van der Waals surface area contributed by atoms with Gasteiger partial charge in [-0.1, -0.05) is 53.4 Å². The van der Waals surface area contributed by atoms with E-state index in [1.165, 1.54) is 82.0 Å². The van der Waals surface area contributed by atoms with E-state index in [1.54, 1.807) is 0 Å². The Bertz CT molecular complexity index is 129. The Kier molecular flexibility index (Phi) is 26.4. The second kappa shape index (κ2) is 18.8. The standard InChI is InChI=1S/C16H36N.H3N.2H2O/c1-5-9-13-17(14-10-6-2,15-11-7-3)16-12-8-4;;;/h5-16H2,1-4H3;1H3;2*1H2/q+1;;;. The number of unbranched alkanes of at least 4 members (excludes halogenated alkanes) is 4. The van der Waals surface area contributed by atoms with Crippen LogP contribution >= 0.6 is 0 Å². The summed E-state index contributed by atoms with van der Waals surface area (Å²) in [6, 6.07) is 0. The van der Waals surface area contributed by atoms with Crippen molar-refractivity contribution in [3.63, 3.8) is 0 Å². The highest BCUT2D eigenvalue weighted by Crippen LogP contribution is 2.16. The predicted octanol–water partition coefficient (Wildman–Crippen LogP) is 3.52. The fourth-order valence-electron chi connectivity index (χ4n) is 2.64. The van der Waals surface area contributed by atoms with Crippen LogP contribution in [0.3, 0.4) is 0 Å². The Morgan fingerprint density at radius 3 is 0.850 bits per heavy atom. The average Bonchev–Trinajstić information content (AvgIpc) is 2.37. The summed E-state index contributed by atoms with van der Waals surface area (Å²) in [5.74, 6) is 0. The molecule has 0 unspecified atom stereocenters. The molecule has 0 aromatic heterocycles. The summed E-state index contributed by atoms with van der Waals surface area (Å²) in [6.45, 7) is 15.0. The molecule has 0 aromatic rings. The molecule has 4 nitrogen and oxygen atoms in total. The Labute approximate surface area is 127 Å². The zero-order chi connectivity index (χ0) is 13.0. The van der Waals surface area contributed by atoms with Gasteiger partial charge in [-0.15, -0.1) is 0 Å². The van der Waals surface area contributed by atoms with Crippen molar-refractivity contribution in [1.29, 1.82) is 0 Å². The number of quaternary nitrogens is 1. The molecule has 0 fully saturated rings. The van der Waals surface area contributed by atoms with E-state index < -0.39 is 0 Å². The maximum Gasteiger partial charge on any atom is 0.0786 e. The Hall–Kier alpha value is -0.160. The molecule has 0 amide bonds. The smallest absolute Gasteiger partial charge is 0.0786 e. The molecule has 0 aromatic carbocycles. The van der Waals surface area contributed by atoms with Crippen LogP contribution < -0.4 is 6.15 Å². The van der Waals surface area contributed by atoms with E-state index in [2.05, 4.69) is 27.7 Å². The minimum absolute atomic E-state index is 0. The monoisotopic (exact) mass is 295 g/mol. The molecule has 0 radical (unpaired) electrons. The van der Waals surface area contributed by atoms with E-state index in [1.807, 2.05) is 0 Å². The van der Waals surface area contributed by atoms with Crippen molar-refractivity contribution in [1.82, 2.24) is 6.15 Å². The molecule has 0 atom stereocenters. The highest BCUT2D eigenvalue weighted by molar-refractivity contribution is 4.49. The number of hydrogen-bond donors (Lipinski definition) is 1. The van der Waals surface area contributed by atoms with E-state index in [0.29, 0.717) is 0 Å². The molecule has 0 saturated heterocycles. The molecule has 4 heteroatoms. The first-order valence-electron chi connectivity index (χ1n) is 8.09. The molecular weight excluding hydrogens is 252 g/mol. The van der Waals surface area contributed by atoms with Gasteiger partial charge in [0.25, 0.3) is 0 Å². The van der Waals surface area contributed by atoms with Crippen LogP contribution in [-0.4, -0.2) is 41.6 Å². The highest BCUT2D eigenvalue weighted by atomic mass is 16.0. The maximum atomic E-state index is 2.33. The second-order valence-corrected chi connectivity index (χ2v) is 5.65. The van der Waals surface area contributed by atoms with E-state index in [0.717, 1.165) is 0 Å². The molecule has 0 aliphatic rings. The lowest BCUT2D eigenvalue weighted by Crippen LogP contribution is -2.50. The van der Waals surface area contributed by atoms with Crippen LogP contribution in [0.1, 0.15) is 79.1 Å². The van der Waals surface area contributed by atoms with Gasteiger partial charge in [-0.2, -0.15) is 0 Å². The third-order valence-corrected chi connectivity index (χ3v) is 3.94. The lowest BCUT2D eigenvalue weighted by atomic mass is 10.1. The summed E-state index contributed by atoms with van der Waals surface area (Å²) in [5.41, 5.74) is 0. The summed E-state index contributed by atoms with van der Waals surface area (Å²) in [6.07, 6.45) is 11.1. The van der Waals surface area contributed by atoms with E-state index >= 15 is 0 Å². The zero-order valence-corrected chi connectivity index (χ0v) is 14.6. The number of nitrogens with zero attached hydrogens (tertiary/aromatic N) is 1. The largest absolute Gasteiger partial charge is 0.412 e. The summed E-state index contributed by atoms with van der Waals surface area (Å²) in [5, 5.41) is 0. The molecule has 7 N–H and O–H groups in total. The van der Waals surface area contributed by atoms with Crippen LogP contribution in [-0.2, 0) is 0 Å². The quantitative estimate of drug-likeness (QED) is 0.547. The van der Waals surface area contributed by atoms with Gasteiger partial charge in [-0.25, -0.2) is 0 Å². The molecule has 128 valence electrons. The Morgan fingerprint density at radius 2 is 0.700 bits per heavy atom. The topological polar surface area (TPSA) is 98.0 Å². The second-order valence-electron chi connectivity index (χ2n) is 5.65. The molecule has 0 spiro atoms. The Balaban J connectivity index is -0.000000427. The minimum atomic E-state index is 0. The van der Waals surface area contributed by atoms with Gasteiger partial charge in [0.15, 0.2) is 0 Å². The van der Waals surface area contributed by atoms with Crippen molar-refractivity contribution in [2.24, 2.45) is 0 Å². The highest BCUT2D eigenvalue weighted by Gasteiger charge is 2.24. The van der Waals surface area contributed by atoms with Crippen molar-refractivity contribution in [2.45, 2.75) is 79.1 Å². The van der Waals surface area contributed by atoms with Crippen molar-refractivity contribution in [3.05, 3.63) is 0 Å². The summed E-state index contributed by atoms with van der Waals surface area (Å²) >= 11 is 0. The van der Waals surface area contributed by atoms with E-state index in [-0.39, 0.29) is 17.1 Å². The summed E-state index contributed by atoms with van der Waals surface area (Å²) in [4.78, 5) is 0. The van der Waals surface area contributed by atoms with Crippen LogP contribution in [0.15, 0.2) is 0 Å².